The Morgan fingerprint density at radius 1 is 1.33 bits per heavy atom. The summed E-state index contributed by atoms with van der Waals surface area (Å²) in [5.74, 6) is 0. The lowest BCUT2D eigenvalue weighted by molar-refractivity contribution is -0.0389. The third-order valence-corrected chi connectivity index (χ3v) is 3.79. The summed E-state index contributed by atoms with van der Waals surface area (Å²) in [6, 6.07) is 6.22. The third kappa shape index (κ3) is 1.90. The Kier molecular flexibility index (Phi) is 2.33. The van der Waals surface area contributed by atoms with Gasteiger partial charge in [0.2, 0.25) is 10.0 Å². The zero-order valence-corrected chi connectivity index (χ0v) is 9.00. The lowest BCUT2D eigenvalue weighted by Crippen LogP contribution is -2.33. The molecule has 1 aromatic rings. The molecule has 1 aromatic carbocycles. The zero-order valence-electron chi connectivity index (χ0n) is 8.18. The van der Waals surface area contributed by atoms with Crippen LogP contribution in [0.15, 0.2) is 29.2 Å². The van der Waals surface area contributed by atoms with E-state index in [2.05, 4.69) is 0 Å². The molecule has 2 rings (SSSR count). The van der Waals surface area contributed by atoms with E-state index in [9.17, 15) is 13.5 Å². The molecule has 0 spiro atoms. The first-order valence-corrected chi connectivity index (χ1v) is 6.32. The van der Waals surface area contributed by atoms with Crippen LogP contribution in [0.1, 0.15) is 24.8 Å². The van der Waals surface area contributed by atoms with Crippen LogP contribution in [0, 0.1) is 0 Å². The van der Waals surface area contributed by atoms with Crippen LogP contribution in [0.25, 0.3) is 0 Å². The predicted octanol–water partition coefficient (Wildman–Crippen LogP) is 0.706. The fraction of sp³-hybridized carbons (Fsp3) is 0.400. The molecule has 1 aliphatic rings. The summed E-state index contributed by atoms with van der Waals surface area (Å²) in [6.07, 6.45) is 2.33. The van der Waals surface area contributed by atoms with Crippen LogP contribution in [0.5, 0.6) is 0 Å². The van der Waals surface area contributed by atoms with Crippen LogP contribution in [0.2, 0.25) is 0 Å². The molecular formula is C10H13NO3S. The number of aliphatic hydroxyl groups is 1. The monoisotopic (exact) mass is 227 g/mol. The van der Waals surface area contributed by atoms with Crippen LogP contribution < -0.4 is 5.14 Å². The van der Waals surface area contributed by atoms with Crippen LogP contribution in [0.4, 0.5) is 0 Å². The molecule has 1 saturated carbocycles. The van der Waals surface area contributed by atoms with Crippen molar-refractivity contribution in [3.05, 3.63) is 29.8 Å². The Hall–Kier alpha value is -0.910. The summed E-state index contributed by atoms with van der Waals surface area (Å²) in [4.78, 5) is 0.0559. The van der Waals surface area contributed by atoms with Crippen molar-refractivity contribution < 1.29 is 13.5 Å². The van der Waals surface area contributed by atoms with Gasteiger partial charge in [-0.3, -0.25) is 0 Å². The first-order valence-electron chi connectivity index (χ1n) is 4.78. The van der Waals surface area contributed by atoms with Gasteiger partial charge in [-0.15, -0.1) is 0 Å². The summed E-state index contributed by atoms with van der Waals surface area (Å²) in [6.45, 7) is 0. The standard InChI is InChI=1S/C10H13NO3S/c11-15(13,14)9-4-1-3-8(7-9)10(12)5-2-6-10/h1,3-4,7,12H,2,5-6H2,(H2,11,13,14). The second kappa shape index (κ2) is 3.30. The van der Waals surface area contributed by atoms with E-state index in [4.69, 9.17) is 5.14 Å². The number of hydrogen-bond acceptors (Lipinski definition) is 3. The van der Waals surface area contributed by atoms with Gasteiger partial charge < -0.3 is 5.11 Å². The van der Waals surface area contributed by atoms with Gasteiger partial charge in [0.25, 0.3) is 0 Å². The first kappa shape index (κ1) is 10.6. The molecule has 0 aromatic heterocycles. The molecule has 1 aliphatic carbocycles. The Bertz CT molecular complexity index is 477. The minimum atomic E-state index is -3.68. The van der Waals surface area contributed by atoms with Crippen molar-refractivity contribution in [2.75, 3.05) is 0 Å². The number of rotatable bonds is 2. The van der Waals surface area contributed by atoms with Crippen LogP contribution in [-0.2, 0) is 15.6 Å². The van der Waals surface area contributed by atoms with E-state index in [1.54, 1.807) is 12.1 Å². The van der Waals surface area contributed by atoms with Gasteiger partial charge in [-0.05, 0) is 37.0 Å². The fourth-order valence-electron chi connectivity index (χ4n) is 1.76. The van der Waals surface area contributed by atoms with Gasteiger partial charge in [0.05, 0.1) is 10.5 Å². The second-order valence-electron chi connectivity index (χ2n) is 3.96. The maximum absolute atomic E-state index is 11.1. The quantitative estimate of drug-likeness (QED) is 0.780. The lowest BCUT2D eigenvalue weighted by Gasteiger charge is -2.37. The van der Waals surface area contributed by atoms with Gasteiger partial charge in [0.1, 0.15) is 0 Å². The maximum Gasteiger partial charge on any atom is 0.238 e. The molecule has 0 atom stereocenters. The van der Waals surface area contributed by atoms with Crippen LogP contribution in [0.3, 0.4) is 0 Å². The van der Waals surface area contributed by atoms with E-state index in [1.165, 1.54) is 12.1 Å². The Morgan fingerprint density at radius 2 is 2.00 bits per heavy atom. The van der Waals surface area contributed by atoms with Crippen molar-refractivity contribution in [3.8, 4) is 0 Å². The number of sulfonamides is 1. The Balaban J connectivity index is 2.43. The summed E-state index contributed by atoms with van der Waals surface area (Å²) < 4.78 is 22.2. The minimum absolute atomic E-state index is 0.0559. The molecule has 0 unspecified atom stereocenters. The third-order valence-electron chi connectivity index (χ3n) is 2.88. The average molecular weight is 227 g/mol. The van der Waals surface area contributed by atoms with E-state index >= 15 is 0 Å². The first-order chi connectivity index (χ1) is 6.92. The highest BCUT2D eigenvalue weighted by Gasteiger charge is 2.36. The second-order valence-corrected chi connectivity index (χ2v) is 5.52. The molecule has 5 heteroatoms. The predicted molar refractivity (Wildman–Crippen MR) is 55.6 cm³/mol. The summed E-state index contributed by atoms with van der Waals surface area (Å²) in [5, 5.41) is 15.1. The fourth-order valence-corrected chi connectivity index (χ4v) is 2.32. The molecule has 0 saturated heterocycles. The van der Waals surface area contributed by atoms with Crippen LogP contribution in [-0.4, -0.2) is 13.5 Å². The lowest BCUT2D eigenvalue weighted by atomic mass is 9.75. The van der Waals surface area contributed by atoms with Crippen molar-refractivity contribution in [1.29, 1.82) is 0 Å². The summed E-state index contributed by atoms with van der Waals surface area (Å²) >= 11 is 0. The SMILES string of the molecule is NS(=O)(=O)c1cccc(C2(O)CCC2)c1. The van der Waals surface area contributed by atoms with Crippen molar-refractivity contribution in [3.63, 3.8) is 0 Å². The van der Waals surface area contributed by atoms with E-state index in [0.29, 0.717) is 18.4 Å². The van der Waals surface area contributed by atoms with Gasteiger partial charge in [-0.25, -0.2) is 13.6 Å². The normalized spacial score (nSPS) is 19.6. The largest absolute Gasteiger partial charge is 0.385 e. The van der Waals surface area contributed by atoms with Gasteiger partial charge in [-0.1, -0.05) is 12.1 Å². The number of primary sulfonamides is 1. The van der Waals surface area contributed by atoms with Gasteiger partial charge in [0, 0.05) is 0 Å². The number of benzene rings is 1. The number of nitrogens with two attached hydrogens (primary N) is 1. The minimum Gasteiger partial charge on any atom is -0.385 e. The molecule has 15 heavy (non-hydrogen) atoms. The van der Waals surface area contributed by atoms with Crippen molar-refractivity contribution in [1.82, 2.24) is 0 Å². The molecule has 0 aliphatic heterocycles. The Labute approximate surface area is 88.8 Å². The van der Waals surface area contributed by atoms with Crippen molar-refractivity contribution in [2.45, 2.75) is 29.8 Å². The van der Waals surface area contributed by atoms with Crippen molar-refractivity contribution >= 4 is 10.0 Å². The highest BCUT2D eigenvalue weighted by atomic mass is 32.2. The molecule has 4 nitrogen and oxygen atoms in total. The maximum atomic E-state index is 11.1. The Morgan fingerprint density at radius 3 is 2.47 bits per heavy atom. The zero-order chi connectivity index (χ0) is 11.1. The molecule has 0 radical (unpaired) electrons. The highest BCUT2D eigenvalue weighted by Crippen LogP contribution is 2.41. The molecule has 3 N–H and O–H groups in total. The smallest absolute Gasteiger partial charge is 0.238 e. The number of hydrogen-bond donors (Lipinski definition) is 2. The van der Waals surface area contributed by atoms with Gasteiger partial charge >= 0.3 is 0 Å². The average Bonchev–Trinajstić information content (AvgIpc) is 2.13. The molecule has 1 fully saturated rings. The van der Waals surface area contributed by atoms with Crippen molar-refractivity contribution in [2.24, 2.45) is 5.14 Å². The highest BCUT2D eigenvalue weighted by molar-refractivity contribution is 7.89. The summed E-state index contributed by atoms with van der Waals surface area (Å²) in [5.41, 5.74) is -0.207. The van der Waals surface area contributed by atoms with Gasteiger partial charge in [-0.2, -0.15) is 0 Å². The molecular weight excluding hydrogens is 214 g/mol. The molecule has 82 valence electrons. The van der Waals surface area contributed by atoms with Crippen LogP contribution >= 0.6 is 0 Å². The van der Waals surface area contributed by atoms with E-state index in [1.807, 2.05) is 0 Å². The topological polar surface area (TPSA) is 80.4 Å². The van der Waals surface area contributed by atoms with Gasteiger partial charge in [0.15, 0.2) is 0 Å². The molecule has 0 heterocycles. The molecule has 0 bridgehead atoms. The van der Waals surface area contributed by atoms with E-state index in [-0.39, 0.29) is 4.90 Å². The summed E-state index contributed by atoms with van der Waals surface area (Å²) in [7, 11) is -3.68. The molecule has 0 amide bonds. The van der Waals surface area contributed by atoms with E-state index < -0.39 is 15.6 Å². The van der Waals surface area contributed by atoms with E-state index in [0.717, 1.165) is 6.42 Å².